The van der Waals surface area contributed by atoms with Crippen LogP contribution in [0.3, 0.4) is 0 Å². The minimum atomic E-state index is -0.719. The van der Waals surface area contributed by atoms with Crippen molar-refractivity contribution in [2.45, 2.75) is 58.5 Å². The maximum atomic E-state index is 11.1. The molecule has 1 saturated carbocycles. The van der Waals surface area contributed by atoms with Gasteiger partial charge in [0.1, 0.15) is 6.04 Å². The van der Waals surface area contributed by atoms with Crippen LogP contribution in [0.4, 0.5) is 0 Å². The summed E-state index contributed by atoms with van der Waals surface area (Å²) in [5.74, 6) is -0.0683. The van der Waals surface area contributed by atoms with Crippen molar-refractivity contribution in [1.29, 1.82) is 0 Å². The number of carboxylic acid groups (broad SMARTS) is 1. The van der Waals surface area contributed by atoms with Gasteiger partial charge in [0.25, 0.3) is 0 Å². The van der Waals surface area contributed by atoms with E-state index in [0.29, 0.717) is 18.4 Å². The molecule has 4 nitrogen and oxygen atoms in total. The quantitative estimate of drug-likeness (QED) is 0.627. The fourth-order valence-corrected chi connectivity index (χ4v) is 2.26. The Balaban J connectivity index is 2.35. The minimum Gasteiger partial charge on any atom is -0.480 e. The van der Waals surface area contributed by atoms with E-state index in [4.69, 9.17) is 5.11 Å². The number of carbonyl (C=O) groups is 1. The predicted molar refractivity (Wildman–Crippen MR) is 73.8 cm³/mol. The molecule has 18 heavy (non-hydrogen) atoms. The van der Waals surface area contributed by atoms with Crippen LogP contribution in [0.2, 0.25) is 0 Å². The molecule has 1 rings (SSSR count). The number of hydrogen-bond donors (Lipinski definition) is 2. The van der Waals surface area contributed by atoms with Gasteiger partial charge in [0.2, 0.25) is 0 Å². The van der Waals surface area contributed by atoms with E-state index < -0.39 is 12.0 Å². The second kappa shape index (κ2) is 7.74. The molecule has 1 fully saturated rings. The van der Waals surface area contributed by atoms with Gasteiger partial charge in [-0.1, -0.05) is 20.8 Å². The summed E-state index contributed by atoms with van der Waals surface area (Å²) in [6, 6.07) is 0.325. The second-order valence-corrected chi connectivity index (χ2v) is 5.75. The molecule has 0 amide bonds. The molecule has 0 radical (unpaired) electrons. The Bertz CT molecular complexity index is 252. The van der Waals surface area contributed by atoms with E-state index in [1.165, 1.54) is 12.8 Å². The molecule has 0 spiro atoms. The van der Waals surface area contributed by atoms with Gasteiger partial charge in [0, 0.05) is 19.1 Å². The molecule has 0 bridgehead atoms. The van der Waals surface area contributed by atoms with Crippen LogP contribution in [0.15, 0.2) is 0 Å². The Morgan fingerprint density at radius 3 is 2.56 bits per heavy atom. The minimum absolute atomic E-state index is 0.390. The molecule has 2 N–H and O–H groups in total. The molecule has 0 aliphatic heterocycles. The lowest BCUT2D eigenvalue weighted by Gasteiger charge is -2.25. The van der Waals surface area contributed by atoms with Crippen molar-refractivity contribution >= 4 is 5.97 Å². The van der Waals surface area contributed by atoms with Gasteiger partial charge < -0.3 is 15.3 Å². The van der Waals surface area contributed by atoms with Crippen LogP contribution < -0.4 is 5.32 Å². The van der Waals surface area contributed by atoms with Crippen LogP contribution in [0.5, 0.6) is 0 Å². The van der Waals surface area contributed by atoms with Gasteiger partial charge in [-0.15, -0.1) is 0 Å². The highest BCUT2D eigenvalue weighted by Gasteiger charge is 2.30. The highest BCUT2D eigenvalue weighted by Crippen LogP contribution is 2.27. The third-order valence-electron chi connectivity index (χ3n) is 3.31. The average molecular weight is 256 g/mol. The lowest BCUT2D eigenvalue weighted by molar-refractivity contribution is -0.139. The largest absolute Gasteiger partial charge is 0.480 e. The molecular weight excluding hydrogens is 228 g/mol. The number of nitrogens with zero attached hydrogens (tertiary/aromatic N) is 1. The molecule has 1 atom stereocenters. The van der Waals surface area contributed by atoms with Crippen LogP contribution in [0.1, 0.15) is 46.5 Å². The molecule has 106 valence electrons. The lowest BCUT2D eigenvalue weighted by Crippen LogP contribution is -2.41. The summed E-state index contributed by atoms with van der Waals surface area (Å²) in [4.78, 5) is 13.6. The Morgan fingerprint density at radius 2 is 2.11 bits per heavy atom. The van der Waals surface area contributed by atoms with Crippen molar-refractivity contribution in [3.05, 3.63) is 0 Å². The van der Waals surface area contributed by atoms with E-state index in [1.54, 1.807) is 0 Å². The van der Waals surface area contributed by atoms with Crippen molar-refractivity contribution in [1.82, 2.24) is 10.2 Å². The van der Waals surface area contributed by atoms with Crippen molar-refractivity contribution in [2.75, 3.05) is 19.6 Å². The summed E-state index contributed by atoms with van der Waals surface area (Å²) in [6.45, 7) is 9.27. The molecule has 1 unspecified atom stereocenters. The highest BCUT2D eigenvalue weighted by atomic mass is 16.4. The van der Waals surface area contributed by atoms with Crippen molar-refractivity contribution in [2.24, 2.45) is 5.92 Å². The third-order valence-corrected chi connectivity index (χ3v) is 3.31. The zero-order valence-electron chi connectivity index (χ0n) is 12.0. The molecule has 1 aliphatic carbocycles. The molecule has 1 aliphatic rings. The summed E-state index contributed by atoms with van der Waals surface area (Å²) in [5, 5.41) is 12.3. The van der Waals surface area contributed by atoms with E-state index in [-0.39, 0.29) is 0 Å². The van der Waals surface area contributed by atoms with E-state index in [2.05, 4.69) is 31.0 Å². The first-order valence-corrected chi connectivity index (χ1v) is 7.24. The smallest absolute Gasteiger partial charge is 0.320 e. The van der Waals surface area contributed by atoms with E-state index >= 15 is 0 Å². The highest BCUT2D eigenvalue weighted by molar-refractivity contribution is 5.73. The fraction of sp³-hybridized carbons (Fsp3) is 0.929. The zero-order chi connectivity index (χ0) is 13.5. The molecular formula is C14H28N2O2. The zero-order valence-corrected chi connectivity index (χ0v) is 12.0. The van der Waals surface area contributed by atoms with Gasteiger partial charge in [-0.25, -0.2) is 0 Å². The Morgan fingerprint density at radius 1 is 1.44 bits per heavy atom. The van der Waals surface area contributed by atoms with Gasteiger partial charge in [0.05, 0.1) is 0 Å². The number of aliphatic carboxylic acids is 1. The number of nitrogens with one attached hydrogen (secondary N) is 1. The number of carboxylic acids is 1. The topological polar surface area (TPSA) is 52.6 Å². The summed E-state index contributed by atoms with van der Waals surface area (Å²) >= 11 is 0. The van der Waals surface area contributed by atoms with E-state index in [0.717, 1.165) is 26.1 Å². The maximum Gasteiger partial charge on any atom is 0.320 e. The summed E-state index contributed by atoms with van der Waals surface area (Å²) in [5.41, 5.74) is 0. The molecule has 0 aromatic carbocycles. The monoisotopic (exact) mass is 256 g/mol. The van der Waals surface area contributed by atoms with Gasteiger partial charge in [-0.05, 0) is 38.1 Å². The van der Waals surface area contributed by atoms with Crippen molar-refractivity contribution in [3.8, 4) is 0 Å². The number of hydrogen-bond acceptors (Lipinski definition) is 3. The Hall–Kier alpha value is -0.610. The van der Waals surface area contributed by atoms with Crippen LogP contribution in [-0.2, 0) is 4.79 Å². The first kappa shape index (κ1) is 15.4. The SMILES string of the molecule is CCCNC(CCN(CC(C)C)C1CC1)C(=O)O. The first-order valence-electron chi connectivity index (χ1n) is 7.24. The fourth-order valence-electron chi connectivity index (χ4n) is 2.26. The maximum absolute atomic E-state index is 11.1. The Labute approximate surface area is 111 Å². The first-order chi connectivity index (χ1) is 8.54. The van der Waals surface area contributed by atoms with Gasteiger partial charge >= 0.3 is 5.97 Å². The van der Waals surface area contributed by atoms with Crippen molar-refractivity contribution < 1.29 is 9.90 Å². The molecule has 0 saturated heterocycles. The summed E-state index contributed by atoms with van der Waals surface area (Å²) in [7, 11) is 0. The standard InChI is InChI=1S/C14H28N2O2/c1-4-8-15-13(14(17)18)7-9-16(10-11(2)3)12-5-6-12/h11-13,15H,4-10H2,1-3H3,(H,17,18). The molecule has 0 aromatic heterocycles. The van der Waals surface area contributed by atoms with Crippen LogP contribution >= 0.6 is 0 Å². The van der Waals surface area contributed by atoms with Crippen LogP contribution in [-0.4, -0.2) is 47.7 Å². The summed E-state index contributed by atoms with van der Waals surface area (Å²) < 4.78 is 0. The molecule has 0 heterocycles. The number of rotatable bonds is 10. The van der Waals surface area contributed by atoms with Crippen LogP contribution in [0.25, 0.3) is 0 Å². The van der Waals surface area contributed by atoms with E-state index in [9.17, 15) is 4.79 Å². The van der Waals surface area contributed by atoms with Gasteiger partial charge in [-0.2, -0.15) is 0 Å². The second-order valence-electron chi connectivity index (χ2n) is 5.75. The molecule has 4 heteroatoms. The predicted octanol–water partition coefficient (Wildman–Crippen LogP) is 1.95. The third kappa shape index (κ3) is 5.83. The van der Waals surface area contributed by atoms with Gasteiger partial charge in [0.15, 0.2) is 0 Å². The van der Waals surface area contributed by atoms with Crippen LogP contribution in [0, 0.1) is 5.92 Å². The van der Waals surface area contributed by atoms with Gasteiger partial charge in [-0.3, -0.25) is 4.79 Å². The summed E-state index contributed by atoms with van der Waals surface area (Å²) in [6.07, 6.45) is 4.25. The normalized spacial score (nSPS) is 17.4. The van der Waals surface area contributed by atoms with E-state index in [1.807, 2.05) is 0 Å². The molecule has 0 aromatic rings. The average Bonchev–Trinajstić information content (AvgIpc) is 3.10. The Kier molecular flexibility index (Phi) is 6.65. The van der Waals surface area contributed by atoms with Crippen molar-refractivity contribution in [3.63, 3.8) is 0 Å². The lowest BCUT2D eigenvalue weighted by atomic mass is 10.1.